The number of aromatic nitrogens is 1. The smallest absolute Gasteiger partial charge is 0.272 e. The van der Waals surface area contributed by atoms with Crippen LogP contribution in [0.3, 0.4) is 0 Å². The van der Waals surface area contributed by atoms with Crippen LogP contribution in [-0.2, 0) is 0 Å². The third kappa shape index (κ3) is 3.94. The summed E-state index contributed by atoms with van der Waals surface area (Å²) in [5.41, 5.74) is 2.91. The number of fused-ring (bicyclic) bond motifs is 1. The minimum absolute atomic E-state index is 0.0178. The SMILES string of the molecule is COc1ccc(C2=C[C@H](c3ccc(Br)cc3)n3c(sc(=C4SC(C)=C(C)S4)c3=O)=N2)cc1. The fourth-order valence-corrected chi connectivity index (χ4v) is 7.58. The van der Waals surface area contributed by atoms with Gasteiger partial charge in [-0.1, -0.05) is 62.9 Å². The number of thiazole rings is 1. The van der Waals surface area contributed by atoms with Gasteiger partial charge in [-0.05, 0) is 71.7 Å². The Morgan fingerprint density at radius 2 is 1.66 bits per heavy atom. The summed E-state index contributed by atoms with van der Waals surface area (Å²) >= 11 is 8.35. The zero-order valence-corrected chi connectivity index (χ0v) is 21.6. The third-order valence-corrected chi connectivity index (χ3v) is 9.87. The molecule has 4 nitrogen and oxygen atoms in total. The summed E-state index contributed by atoms with van der Waals surface area (Å²) in [4.78, 5) is 21.7. The summed E-state index contributed by atoms with van der Waals surface area (Å²) in [6, 6.07) is 15.8. The Bertz CT molecular complexity index is 1430. The molecule has 162 valence electrons. The highest BCUT2D eigenvalue weighted by atomic mass is 79.9. The number of halogens is 1. The lowest BCUT2D eigenvalue weighted by molar-refractivity contribution is 0.415. The summed E-state index contributed by atoms with van der Waals surface area (Å²) in [6.07, 6.45) is 2.07. The molecule has 2 aromatic carbocycles. The maximum atomic E-state index is 13.6. The highest BCUT2D eigenvalue weighted by Gasteiger charge is 2.25. The summed E-state index contributed by atoms with van der Waals surface area (Å²) in [5.74, 6) is 0.801. The van der Waals surface area contributed by atoms with Gasteiger partial charge in [0.15, 0.2) is 4.80 Å². The molecule has 3 aromatic rings. The van der Waals surface area contributed by atoms with Gasteiger partial charge in [0.05, 0.1) is 23.1 Å². The first-order valence-electron chi connectivity index (χ1n) is 9.94. The number of ether oxygens (including phenoxy) is 1. The highest BCUT2D eigenvalue weighted by molar-refractivity contribution is 9.10. The van der Waals surface area contributed by atoms with E-state index in [9.17, 15) is 4.79 Å². The van der Waals surface area contributed by atoms with Crippen LogP contribution < -0.4 is 19.6 Å². The summed E-state index contributed by atoms with van der Waals surface area (Å²) in [7, 11) is 1.66. The molecule has 1 aromatic heterocycles. The first-order valence-corrected chi connectivity index (χ1v) is 13.2. The fraction of sp³-hybridized carbons (Fsp3) is 0.167. The van der Waals surface area contributed by atoms with Crippen LogP contribution >= 0.6 is 50.8 Å². The third-order valence-electron chi connectivity index (χ3n) is 5.39. The molecule has 0 fully saturated rings. The van der Waals surface area contributed by atoms with E-state index in [-0.39, 0.29) is 11.6 Å². The minimum Gasteiger partial charge on any atom is -0.497 e. The number of benzene rings is 2. The van der Waals surface area contributed by atoms with Crippen LogP contribution in [0.15, 0.2) is 78.7 Å². The van der Waals surface area contributed by atoms with E-state index in [1.54, 1.807) is 30.6 Å². The second kappa shape index (κ2) is 8.74. The van der Waals surface area contributed by atoms with Gasteiger partial charge in [0.25, 0.3) is 5.56 Å². The molecule has 0 radical (unpaired) electrons. The molecule has 2 aliphatic heterocycles. The van der Waals surface area contributed by atoms with Crippen molar-refractivity contribution in [3.8, 4) is 5.75 Å². The minimum atomic E-state index is -0.225. The predicted molar refractivity (Wildman–Crippen MR) is 140 cm³/mol. The van der Waals surface area contributed by atoms with Gasteiger partial charge in [-0.2, -0.15) is 0 Å². The second-order valence-corrected chi connectivity index (χ2v) is 12.0. The van der Waals surface area contributed by atoms with Crippen molar-refractivity contribution >= 4 is 60.7 Å². The average molecular weight is 544 g/mol. The Hall–Kier alpha value is -2.00. The van der Waals surface area contributed by atoms with Gasteiger partial charge in [-0.15, -0.1) is 0 Å². The molecular formula is C24H19BrN2O2S3. The van der Waals surface area contributed by atoms with E-state index in [4.69, 9.17) is 9.73 Å². The first kappa shape index (κ1) is 21.8. The lowest BCUT2D eigenvalue weighted by Gasteiger charge is -2.20. The van der Waals surface area contributed by atoms with Crippen molar-refractivity contribution in [3.63, 3.8) is 0 Å². The largest absolute Gasteiger partial charge is 0.497 e. The van der Waals surface area contributed by atoms with Gasteiger partial charge in [0.1, 0.15) is 10.3 Å². The molecule has 0 aliphatic carbocycles. The van der Waals surface area contributed by atoms with Crippen molar-refractivity contribution in [2.75, 3.05) is 7.11 Å². The Labute approximate surface area is 206 Å². The monoisotopic (exact) mass is 542 g/mol. The number of thioether (sulfide) groups is 2. The lowest BCUT2D eigenvalue weighted by atomic mass is 10.0. The average Bonchev–Trinajstić information content (AvgIpc) is 3.32. The molecule has 1 atom stereocenters. The molecule has 0 N–H and O–H groups in total. The number of rotatable bonds is 3. The summed E-state index contributed by atoms with van der Waals surface area (Å²) in [5, 5.41) is 0. The van der Waals surface area contributed by atoms with Crippen LogP contribution in [0, 0.1) is 0 Å². The lowest BCUT2D eigenvalue weighted by Crippen LogP contribution is -2.36. The van der Waals surface area contributed by atoms with Crippen molar-refractivity contribution < 1.29 is 4.74 Å². The molecular weight excluding hydrogens is 524 g/mol. The Kier molecular flexibility index (Phi) is 5.96. The zero-order chi connectivity index (χ0) is 22.4. The quantitative estimate of drug-likeness (QED) is 0.423. The number of allylic oxidation sites excluding steroid dienone is 3. The first-order chi connectivity index (χ1) is 15.4. The molecule has 3 heterocycles. The predicted octanol–water partition coefficient (Wildman–Crippen LogP) is 5.74. The zero-order valence-electron chi connectivity index (χ0n) is 17.6. The van der Waals surface area contributed by atoms with Gasteiger partial charge in [-0.25, -0.2) is 4.99 Å². The Balaban J connectivity index is 1.71. The number of nitrogens with zero attached hydrogens (tertiary/aromatic N) is 2. The van der Waals surface area contributed by atoms with E-state index in [1.807, 2.05) is 41.0 Å². The number of hydrogen-bond donors (Lipinski definition) is 0. The molecule has 0 saturated carbocycles. The van der Waals surface area contributed by atoms with Crippen LogP contribution in [0.5, 0.6) is 5.75 Å². The van der Waals surface area contributed by atoms with Gasteiger partial charge in [0.2, 0.25) is 0 Å². The van der Waals surface area contributed by atoms with Gasteiger partial charge < -0.3 is 4.74 Å². The van der Waals surface area contributed by atoms with Crippen molar-refractivity contribution in [3.05, 3.63) is 99.7 Å². The molecule has 8 heteroatoms. The standard InChI is InChI=1S/C24H19BrN2O2S3/c1-13-14(2)31-23(30-13)21-22(28)27-20(16-4-8-17(25)9-5-16)12-19(26-24(27)32-21)15-6-10-18(29-3)11-7-15/h4-12,20H,1-3H3/t20-/m1/s1. The van der Waals surface area contributed by atoms with Crippen LogP contribution in [0.1, 0.15) is 31.0 Å². The van der Waals surface area contributed by atoms with Gasteiger partial charge >= 0.3 is 0 Å². The Morgan fingerprint density at radius 1 is 1.00 bits per heavy atom. The molecule has 0 spiro atoms. The molecule has 0 unspecified atom stereocenters. The summed E-state index contributed by atoms with van der Waals surface area (Å²) < 4.78 is 9.94. The van der Waals surface area contributed by atoms with Crippen molar-refractivity contribution in [1.82, 2.24) is 4.57 Å². The fourth-order valence-electron chi connectivity index (χ4n) is 3.56. The van der Waals surface area contributed by atoms with E-state index in [2.05, 4.69) is 48.0 Å². The maximum absolute atomic E-state index is 13.6. The Morgan fingerprint density at radius 3 is 2.28 bits per heavy atom. The molecule has 32 heavy (non-hydrogen) atoms. The molecule has 0 bridgehead atoms. The maximum Gasteiger partial charge on any atom is 0.272 e. The van der Waals surface area contributed by atoms with Crippen molar-refractivity contribution in [1.29, 1.82) is 0 Å². The number of hydrogen-bond acceptors (Lipinski definition) is 6. The molecule has 0 saturated heterocycles. The van der Waals surface area contributed by atoms with Crippen LogP contribution in [0.25, 0.3) is 9.93 Å². The van der Waals surface area contributed by atoms with Crippen LogP contribution in [0.4, 0.5) is 0 Å². The van der Waals surface area contributed by atoms with Gasteiger partial charge in [0, 0.05) is 10.0 Å². The summed E-state index contributed by atoms with van der Waals surface area (Å²) in [6.45, 7) is 4.20. The van der Waals surface area contributed by atoms with Crippen LogP contribution in [0.2, 0.25) is 0 Å². The van der Waals surface area contributed by atoms with E-state index < -0.39 is 0 Å². The molecule has 5 rings (SSSR count). The van der Waals surface area contributed by atoms with Gasteiger partial charge in [-0.3, -0.25) is 9.36 Å². The van der Waals surface area contributed by atoms with E-state index >= 15 is 0 Å². The van der Waals surface area contributed by atoms with Crippen molar-refractivity contribution in [2.45, 2.75) is 19.9 Å². The topological polar surface area (TPSA) is 43.6 Å². The molecule has 2 aliphatic rings. The van der Waals surface area contributed by atoms with Crippen LogP contribution in [-0.4, -0.2) is 11.7 Å². The highest BCUT2D eigenvalue weighted by Crippen LogP contribution is 2.48. The van der Waals surface area contributed by atoms with E-state index in [0.717, 1.165) is 40.6 Å². The van der Waals surface area contributed by atoms with Crippen molar-refractivity contribution in [2.24, 2.45) is 4.99 Å². The normalized spacial score (nSPS) is 17.8. The number of methoxy groups -OCH3 is 1. The molecule has 0 amide bonds. The van der Waals surface area contributed by atoms with E-state index in [1.165, 1.54) is 21.1 Å². The van der Waals surface area contributed by atoms with E-state index in [0.29, 0.717) is 0 Å². The second-order valence-electron chi connectivity index (χ2n) is 7.38.